The molecule has 8 heteroatoms. The third kappa shape index (κ3) is 20.1. The number of ether oxygens (including phenoxy) is 2. The van der Waals surface area contributed by atoms with Crippen LogP contribution < -0.4 is 5.32 Å². The Hall–Kier alpha value is -2.90. The number of carbonyl (C=O) groups is 4. The fourth-order valence-electron chi connectivity index (χ4n) is 4.33. The van der Waals surface area contributed by atoms with Gasteiger partial charge in [-0.3, -0.25) is 14.4 Å². The quantitative estimate of drug-likeness (QED) is 0.117. The summed E-state index contributed by atoms with van der Waals surface area (Å²) < 4.78 is 10.6. The number of benzene rings is 1. The van der Waals surface area contributed by atoms with Crippen LogP contribution >= 0.6 is 0 Å². The number of carbonyl (C=O) groups excluding carboxylic acids is 3. The van der Waals surface area contributed by atoms with Crippen molar-refractivity contribution in [3.63, 3.8) is 0 Å². The topological polar surface area (TPSA) is 119 Å². The number of esters is 2. The predicted molar refractivity (Wildman–Crippen MR) is 156 cm³/mol. The van der Waals surface area contributed by atoms with E-state index in [0.717, 1.165) is 50.5 Å². The van der Waals surface area contributed by atoms with Crippen LogP contribution in [0.3, 0.4) is 0 Å². The van der Waals surface area contributed by atoms with Gasteiger partial charge in [-0.1, -0.05) is 94.5 Å². The Morgan fingerprint density at radius 2 is 1.25 bits per heavy atom. The minimum atomic E-state index is -1.02. The number of nitrogens with one attached hydrogen (secondary N) is 1. The molecule has 0 unspecified atom stereocenters. The standard InChI is InChI=1S/C32H51NO7/c1-32(2,3)40-30(37)22-18-13-11-9-7-5-4-6-8-10-12-17-21-28(34)33-27(23-24-29(35)36)31(38)39-25-26-19-15-14-16-20-26/h14-16,19-20,27H,4-13,17-18,21-25H2,1-3H3,(H,33,34)(H,35,36)/t27-/m0/s1. The first-order valence-electron chi connectivity index (χ1n) is 15.0. The molecule has 2 N–H and O–H groups in total. The first-order valence-corrected chi connectivity index (χ1v) is 15.0. The second kappa shape index (κ2) is 20.9. The van der Waals surface area contributed by atoms with E-state index >= 15 is 0 Å². The molecule has 0 radical (unpaired) electrons. The summed E-state index contributed by atoms with van der Waals surface area (Å²) >= 11 is 0. The maximum Gasteiger partial charge on any atom is 0.328 e. The van der Waals surface area contributed by atoms with Gasteiger partial charge in [-0.05, 0) is 45.6 Å². The van der Waals surface area contributed by atoms with Gasteiger partial charge in [0.25, 0.3) is 0 Å². The van der Waals surface area contributed by atoms with Crippen LogP contribution in [0.25, 0.3) is 0 Å². The van der Waals surface area contributed by atoms with E-state index in [1.807, 2.05) is 51.1 Å². The van der Waals surface area contributed by atoms with Gasteiger partial charge in [0.2, 0.25) is 5.91 Å². The summed E-state index contributed by atoms with van der Waals surface area (Å²) in [4.78, 5) is 47.5. The highest BCUT2D eigenvalue weighted by molar-refractivity contribution is 5.84. The van der Waals surface area contributed by atoms with Gasteiger partial charge < -0.3 is 19.9 Å². The van der Waals surface area contributed by atoms with Gasteiger partial charge in [-0.15, -0.1) is 0 Å². The van der Waals surface area contributed by atoms with Crippen molar-refractivity contribution in [3.8, 4) is 0 Å². The molecule has 0 spiro atoms. The molecule has 0 saturated carbocycles. The number of hydrogen-bond donors (Lipinski definition) is 2. The molecular formula is C32H51NO7. The van der Waals surface area contributed by atoms with Gasteiger partial charge in [0, 0.05) is 19.3 Å². The second-order valence-corrected chi connectivity index (χ2v) is 11.5. The Kier molecular flexibility index (Phi) is 18.4. The third-order valence-corrected chi connectivity index (χ3v) is 6.45. The number of carboxylic acid groups (broad SMARTS) is 1. The van der Waals surface area contributed by atoms with Crippen LogP contribution in [-0.2, 0) is 35.3 Å². The SMILES string of the molecule is CC(C)(C)OC(=O)CCCCCCCCCCCCCCC(=O)N[C@@H](CCC(=O)O)C(=O)OCc1ccccc1. The molecule has 1 amide bonds. The number of unbranched alkanes of at least 4 members (excludes halogenated alkanes) is 11. The minimum absolute atomic E-state index is 0.000772. The van der Waals surface area contributed by atoms with Crippen molar-refractivity contribution < 1.29 is 33.8 Å². The zero-order chi connectivity index (χ0) is 29.6. The molecule has 1 aromatic carbocycles. The fraction of sp³-hybridized carbons (Fsp3) is 0.688. The predicted octanol–water partition coefficient (Wildman–Crippen LogP) is 6.88. The number of carboxylic acids is 1. The lowest BCUT2D eigenvalue weighted by atomic mass is 10.0. The van der Waals surface area contributed by atoms with Gasteiger partial charge in [0.05, 0.1) is 0 Å². The van der Waals surface area contributed by atoms with Crippen LogP contribution in [0.1, 0.15) is 129 Å². The highest BCUT2D eigenvalue weighted by Gasteiger charge is 2.23. The van der Waals surface area contributed by atoms with E-state index < -0.39 is 23.6 Å². The summed E-state index contributed by atoms with van der Waals surface area (Å²) in [6.45, 7) is 5.75. The largest absolute Gasteiger partial charge is 0.481 e. The summed E-state index contributed by atoms with van der Waals surface area (Å²) in [7, 11) is 0. The maximum atomic E-state index is 12.5. The Morgan fingerprint density at radius 3 is 1.75 bits per heavy atom. The van der Waals surface area contributed by atoms with Crippen LogP contribution in [0.4, 0.5) is 0 Å². The van der Waals surface area contributed by atoms with E-state index in [0.29, 0.717) is 12.8 Å². The number of rotatable bonds is 22. The summed E-state index contributed by atoms with van der Waals surface area (Å²) in [5, 5.41) is 11.7. The summed E-state index contributed by atoms with van der Waals surface area (Å²) in [5.41, 5.74) is 0.423. The lowest BCUT2D eigenvalue weighted by Crippen LogP contribution is -2.42. The number of aliphatic carboxylic acids is 1. The molecule has 0 aliphatic heterocycles. The molecule has 0 aliphatic carbocycles. The van der Waals surface area contributed by atoms with Crippen molar-refractivity contribution in [1.82, 2.24) is 5.32 Å². The lowest BCUT2D eigenvalue weighted by molar-refractivity contribution is -0.155. The Balaban J connectivity index is 2.07. The average molecular weight is 562 g/mol. The van der Waals surface area contributed by atoms with Crippen molar-refractivity contribution in [3.05, 3.63) is 35.9 Å². The second-order valence-electron chi connectivity index (χ2n) is 11.5. The number of hydrogen-bond acceptors (Lipinski definition) is 6. The number of amides is 1. The van der Waals surface area contributed by atoms with Crippen LogP contribution in [0.15, 0.2) is 30.3 Å². The minimum Gasteiger partial charge on any atom is -0.481 e. The van der Waals surface area contributed by atoms with Crippen molar-refractivity contribution in [2.24, 2.45) is 0 Å². The van der Waals surface area contributed by atoms with Gasteiger partial charge in [-0.25, -0.2) is 4.79 Å². The van der Waals surface area contributed by atoms with Crippen LogP contribution in [-0.4, -0.2) is 40.6 Å². The first kappa shape index (κ1) is 35.1. The summed E-state index contributed by atoms with van der Waals surface area (Å²) in [6, 6.07) is 8.25. The van der Waals surface area contributed by atoms with Gasteiger partial charge >= 0.3 is 17.9 Å². The molecule has 8 nitrogen and oxygen atoms in total. The third-order valence-electron chi connectivity index (χ3n) is 6.45. The van der Waals surface area contributed by atoms with Crippen molar-refractivity contribution in [2.45, 2.75) is 142 Å². The summed E-state index contributed by atoms with van der Waals surface area (Å²) in [5.74, 6) is -1.99. The molecular weight excluding hydrogens is 510 g/mol. The first-order chi connectivity index (χ1) is 19.1. The van der Waals surface area contributed by atoms with Crippen LogP contribution in [0.2, 0.25) is 0 Å². The molecule has 0 fully saturated rings. The van der Waals surface area contributed by atoms with Crippen LogP contribution in [0.5, 0.6) is 0 Å². The Bertz CT molecular complexity index is 864. The van der Waals surface area contributed by atoms with Crippen molar-refractivity contribution in [2.75, 3.05) is 0 Å². The highest BCUT2D eigenvalue weighted by atomic mass is 16.6. The maximum absolute atomic E-state index is 12.5. The van der Waals surface area contributed by atoms with E-state index in [-0.39, 0.29) is 31.3 Å². The molecule has 0 saturated heterocycles. The molecule has 0 bridgehead atoms. The zero-order valence-corrected chi connectivity index (χ0v) is 24.9. The fourth-order valence-corrected chi connectivity index (χ4v) is 4.33. The Morgan fingerprint density at radius 1 is 0.750 bits per heavy atom. The van der Waals surface area contributed by atoms with Gasteiger partial charge in [0.1, 0.15) is 18.2 Å². The van der Waals surface area contributed by atoms with Gasteiger partial charge in [0.15, 0.2) is 0 Å². The smallest absolute Gasteiger partial charge is 0.328 e. The molecule has 0 aromatic heterocycles. The summed E-state index contributed by atoms with van der Waals surface area (Å²) in [6.07, 6.45) is 13.7. The average Bonchev–Trinajstić information content (AvgIpc) is 2.89. The van der Waals surface area contributed by atoms with E-state index in [4.69, 9.17) is 14.6 Å². The monoisotopic (exact) mass is 561 g/mol. The van der Waals surface area contributed by atoms with Gasteiger partial charge in [-0.2, -0.15) is 0 Å². The molecule has 1 rings (SSSR count). The highest BCUT2D eigenvalue weighted by Crippen LogP contribution is 2.15. The molecule has 1 aromatic rings. The van der Waals surface area contributed by atoms with Crippen molar-refractivity contribution in [1.29, 1.82) is 0 Å². The van der Waals surface area contributed by atoms with Crippen LogP contribution in [0, 0.1) is 0 Å². The van der Waals surface area contributed by atoms with E-state index in [1.54, 1.807) is 0 Å². The lowest BCUT2D eigenvalue weighted by Gasteiger charge is -2.19. The molecule has 1 atom stereocenters. The molecule has 40 heavy (non-hydrogen) atoms. The Labute approximate surface area is 240 Å². The molecule has 226 valence electrons. The zero-order valence-electron chi connectivity index (χ0n) is 24.9. The normalized spacial score (nSPS) is 12.0. The van der Waals surface area contributed by atoms with E-state index in [9.17, 15) is 19.2 Å². The van der Waals surface area contributed by atoms with E-state index in [2.05, 4.69) is 5.32 Å². The molecule has 0 aliphatic rings. The van der Waals surface area contributed by atoms with Crippen molar-refractivity contribution >= 4 is 23.8 Å². The molecule has 0 heterocycles. The van der Waals surface area contributed by atoms with E-state index in [1.165, 1.54) is 32.1 Å².